The first-order chi connectivity index (χ1) is 13.1. The minimum atomic E-state index is -0.235. The number of hydrogen-bond acceptors (Lipinski definition) is 5. The van der Waals surface area contributed by atoms with E-state index in [9.17, 15) is 4.79 Å². The molecule has 0 aliphatic carbocycles. The van der Waals surface area contributed by atoms with Gasteiger partial charge in [-0.15, -0.1) is 11.3 Å². The molecule has 3 aromatic heterocycles. The molecule has 6 nitrogen and oxygen atoms in total. The molecule has 0 fully saturated rings. The average molecular weight is 375 g/mol. The number of amides is 1. The lowest BCUT2D eigenvalue weighted by molar-refractivity contribution is 0.102. The van der Waals surface area contributed by atoms with Gasteiger partial charge in [-0.25, -0.2) is 15.0 Å². The molecule has 4 aromatic rings. The number of carbonyl (C=O) groups is 1. The lowest BCUT2D eigenvalue weighted by Gasteiger charge is -2.04. The van der Waals surface area contributed by atoms with Crippen LogP contribution in [0, 0.1) is 13.8 Å². The maximum Gasteiger partial charge on any atom is 0.259 e. The topological polar surface area (TPSA) is 72.7 Å². The Hall–Kier alpha value is -3.32. The molecule has 7 heteroatoms. The zero-order chi connectivity index (χ0) is 18.8. The third kappa shape index (κ3) is 3.63. The van der Waals surface area contributed by atoms with Crippen molar-refractivity contribution >= 4 is 22.4 Å². The molecule has 1 amide bonds. The second kappa shape index (κ2) is 7.13. The molecule has 27 heavy (non-hydrogen) atoms. The lowest BCUT2D eigenvalue weighted by atomic mass is 10.1. The molecule has 134 valence electrons. The third-order valence-corrected chi connectivity index (χ3v) is 5.06. The van der Waals surface area contributed by atoms with Crippen LogP contribution in [0.1, 0.15) is 21.5 Å². The van der Waals surface area contributed by atoms with Crippen LogP contribution in [0.15, 0.2) is 60.6 Å². The van der Waals surface area contributed by atoms with E-state index in [1.165, 1.54) is 22.5 Å². The average Bonchev–Trinajstić information content (AvgIpc) is 3.36. The highest BCUT2D eigenvalue weighted by Gasteiger charge is 2.11. The minimum absolute atomic E-state index is 0.235. The van der Waals surface area contributed by atoms with Gasteiger partial charge in [0.15, 0.2) is 5.13 Å². The van der Waals surface area contributed by atoms with Crippen LogP contribution in [0.4, 0.5) is 5.13 Å². The summed E-state index contributed by atoms with van der Waals surface area (Å²) in [6.07, 6.45) is 6.68. The molecule has 0 atom stereocenters. The SMILES string of the molecule is Cc1ccc(-c2csc(NC(=O)c3ccc(-n4ccnc4)nc3)n2)cc1C. The van der Waals surface area contributed by atoms with Crippen molar-refractivity contribution in [2.24, 2.45) is 0 Å². The number of thiazole rings is 1. The Morgan fingerprint density at radius 1 is 1.15 bits per heavy atom. The van der Waals surface area contributed by atoms with Crippen LogP contribution >= 0.6 is 11.3 Å². The number of nitrogens with zero attached hydrogens (tertiary/aromatic N) is 4. The monoisotopic (exact) mass is 375 g/mol. The van der Waals surface area contributed by atoms with E-state index in [0.29, 0.717) is 16.5 Å². The summed E-state index contributed by atoms with van der Waals surface area (Å²) >= 11 is 1.40. The van der Waals surface area contributed by atoms with Gasteiger partial charge in [0.1, 0.15) is 12.1 Å². The van der Waals surface area contributed by atoms with E-state index in [1.807, 2.05) is 11.4 Å². The van der Waals surface area contributed by atoms with Crippen molar-refractivity contribution in [3.8, 4) is 17.1 Å². The highest BCUT2D eigenvalue weighted by Crippen LogP contribution is 2.26. The van der Waals surface area contributed by atoms with Gasteiger partial charge in [-0.1, -0.05) is 12.1 Å². The Kier molecular flexibility index (Phi) is 4.52. The second-order valence-corrected chi connectivity index (χ2v) is 7.02. The maximum absolute atomic E-state index is 12.5. The van der Waals surface area contributed by atoms with Crippen molar-refractivity contribution in [3.63, 3.8) is 0 Å². The zero-order valence-corrected chi connectivity index (χ0v) is 15.7. The Labute approximate surface area is 160 Å². The second-order valence-electron chi connectivity index (χ2n) is 6.17. The Morgan fingerprint density at radius 3 is 2.74 bits per heavy atom. The molecule has 3 heterocycles. The van der Waals surface area contributed by atoms with Crippen LogP contribution < -0.4 is 5.32 Å². The molecular weight excluding hydrogens is 358 g/mol. The van der Waals surface area contributed by atoms with E-state index < -0.39 is 0 Å². The fourth-order valence-electron chi connectivity index (χ4n) is 2.60. The number of anilines is 1. The van der Waals surface area contributed by atoms with Gasteiger partial charge >= 0.3 is 0 Å². The summed E-state index contributed by atoms with van der Waals surface area (Å²) in [5.74, 6) is 0.469. The maximum atomic E-state index is 12.5. The van der Waals surface area contributed by atoms with E-state index in [2.05, 4.69) is 46.2 Å². The summed E-state index contributed by atoms with van der Waals surface area (Å²) in [7, 11) is 0. The summed E-state index contributed by atoms with van der Waals surface area (Å²) < 4.78 is 1.78. The van der Waals surface area contributed by atoms with Crippen LogP contribution in [-0.2, 0) is 0 Å². The minimum Gasteiger partial charge on any atom is -0.298 e. The number of aromatic nitrogens is 4. The first-order valence-corrected chi connectivity index (χ1v) is 9.27. The fourth-order valence-corrected chi connectivity index (χ4v) is 3.32. The molecule has 0 unspecified atom stereocenters. The third-order valence-electron chi connectivity index (χ3n) is 4.31. The molecule has 0 bridgehead atoms. The number of rotatable bonds is 4. The number of hydrogen-bond donors (Lipinski definition) is 1. The van der Waals surface area contributed by atoms with Crippen molar-refractivity contribution in [2.75, 3.05) is 5.32 Å². The number of benzene rings is 1. The molecule has 0 saturated carbocycles. The highest BCUT2D eigenvalue weighted by molar-refractivity contribution is 7.14. The number of carbonyl (C=O) groups excluding carboxylic acids is 1. The van der Waals surface area contributed by atoms with Gasteiger partial charge in [0.25, 0.3) is 5.91 Å². The first-order valence-electron chi connectivity index (χ1n) is 8.39. The van der Waals surface area contributed by atoms with Crippen molar-refractivity contribution in [2.45, 2.75) is 13.8 Å². The van der Waals surface area contributed by atoms with E-state index in [-0.39, 0.29) is 5.91 Å². The van der Waals surface area contributed by atoms with Crippen molar-refractivity contribution in [3.05, 3.63) is 77.3 Å². The van der Waals surface area contributed by atoms with Gasteiger partial charge in [0, 0.05) is 29.5 Å². The molecule has 0 radical (unpaired) electrons. The smallest absolute Gasteiger partial charge is 0.259 e. The lowest BCUT2D eigenvalue weighted by Crippen LogP contribution is -2.12. The molecule has 4 rings (SSSR count). The molecule has 0 aliphatic heterocycles. The standard InChI is InChI=1S/C20H17N5OS/c1-13-3-4-15(9-14(13)2)17-11-27-20(23-17)24-19(26)16-5-6-18(22-10-16)25-8-7-21-12-25/h3-12H,1-2H3,(H,23,24,26). The number of pyridine rings is 1. The summed E-state index contributed by atoms with van der Waals surface area (Å²) in [5, 5.41) is 5.34. The van der Waals surface area contributed by atoms with Gasteiger partial charge in [-0.3, -0.25) is 14.7 Å². The molecule has 1 aromatic carbocycles. The van der Waals surface area contributed by atoms with Gasteiger partial charge in [-0.05, 0) is 43.2 Å². The fraction of sp³-hybridized carbons (Fsp3) is 0.100. The van der Waals surface area contributed by atoms with Crippen molar-refractivity contribution in [1.82, 2.24) is 19.5 Å². The number of imidazole rings is 1. The Bertz CT molecular complexity index is 1080. The number of nitrogens with one attached hydrogen (secondary N) is 1. The highest BCUT2D eigenvalue weighted by atomic mass is 32.1. The van der Waals surface area contributed by atoms with Crippen molar-refractivity contribution < 1.29 is 4.79 Å². The quantitative estimate of drug-likeness (QED) is 0.578. The van der Waals surface area contributed by atoms with Crippen LogP contribution in [0.2, 0.25) is 0 Å². The van der Waals surface area contributed by atoms with E-state index in [1.54, 1.807) is 41.6 Å². The molecular formula is C20H17N5OS. The predicted molar refractivity (Wildman–Crippen MR) is 106 cm³/mol. The van der Waals surface area contributed by atoms with E-state index >= 15 is 0 Å². The first kappa shape index (κ1) is 17.1. The normalized spacial score (nSPS) is 10.7. The largest absolute Gasteiger partial charge is 0.298 e. The van der Waals surface area contributed by atoms with Gasteiger partial charge in [0.05, 0.1) is 11.3 Å². The predicted octanol–water partition coefficient (Wildman–Crippen LogP) is 4.26. The van der Waals surface area contributed by atoms with Gasteiger partial charge < -0.3 is 0 Å². The zero-order valence-electron chi connectivity index (χ0n) is 14.9. The van der Waals surface area contributed by atoms with E-state index in [0.717, 1.165) is 11.3 Å². The molecule has 0 saturated heterocycles. The van der Waals surface area contributed by atoms with Crippen LogP contribution in [-0.4, -0.2) is 25.4 Å². The molecule has 0 aliphatic rings. The summed E-state index contributed by atoms with van der Waals surface area (Å²) in [4.78, 5) is 25.3. The Balaban J connectivity index is 1.48. The van der Waals surface area contributed by atoms with Gasteiger partial charge in [-0.2, -0.15) is 0 Å². The Morgan fingerprint density at radius 2 is 2.04 bits per heavy atom. The summed E-state index contributed by atoms with van der Waals surface area (Å²) in [5.41, 5.74) is 4.83. The molecule has 0 spiro atoms. The summed E-state index contributed by atoms with van der Waals surface area (Å²) in [6.45, 7) is 4.16. The van der Waals surface area contributed by atoms with Crippen LogP contribution in [0.5, 0.6) is 0 Å². The van der Waals surface area contributed by atoms with Crippen LogP contribution in [0.25, 0.3) is 17.1 Å². The molecule has 1 N–H and O–H groups in total. The van der Waals surface area contributed by atoms with E-state index in [4.69, 9.17) is 0 Å². The van der Waals surface area contributed by atoms with Crippen molar-refractivity contribution in [1.29, 1.82) is 0 Å². The van der Waals surface area contributed by atoms with Crippen LogP contribution in [0.3, 0.4) is 0 Å². The number of aryl methyl sites for hydroxylation is 2. The van der Waals surface area contributed by atoms with Gasteiger partial charge in [0.2, 0.25) is 0 Å². The summed E-state index contributed by atoms with van der Waals surface area (Å²) in [6, 6.07) is 9.74.